The van der Waals surface area contributed by atoms with Gasteiger partial charge in [0.25, 0.3) is 11.1 Å². The van der Waals surface area contributed by atoms with Crippen LogP contribution < -0.4 is 14.8 Å². The molecule has 11 heteroatoms. The maximum absolute atomic E-state index is 14.1. The first kappa shape index (κ1) is 27.0. The van der Waals surface area contributed by atoms with Crippen LogP contribution in [-0.4, -0.2) is 35.6 Å². The minimum Gasteiger partial charge on any atom is -0.493 e. The number of benzene rings is 3. The third-order valence-electron chi connectivity index (χ3n) is 5.22. The summed E-state index contributed by atoms with van der Waals surface area (Å²) in [7, 11) is 1.46. The molecule has 0 unspecified atom stereocenters. The van der Waals surface area contributed by atoms with Crippen molar-refractivity contribution in [3.8, 4) is 11.5 Å². The van der Waals surface area contributed by atoms with E-state index in [2.05, 4.69) is 27.9 Å². The first-order chi connectivity index (χ1) is 17.7. The molecule has 0 saturated carbocycles. The predicted octanol–water partition coefficient (Wildman–Crippen LogP) is 6.35. The molecule has 3 aromatic rings. The first-order valence-electron chi connectivity index (χ1n) is 10.8. The van der Waals surface area contributed by atoms with Crippen LogP contribution in [0.25, 0.3) is 6.08 Å². The molecule has 0 aliphatic carbocycles. The maximum atomic E-state index is 14.1. The van der Waals surface area contributed by atoms with Crippen molar-refractivity contribution in [1.29, 1.82) is 0 Å². The molecule has 1 aliphatic rings. The van der Waals surface area contributed by atoms with E-state index in [1.807, 2.05) is 12.1 Å². The van der Waals surface area contributed by atoms with E-state index in [9.17, 15) is 18.8 Å². The van der Waals surface area contributed by atoms with Crippen molar-refractivity contribution in [2.24, 2.45) is 0 Å². The zero-order chi connectivity index (χ0) is 26.5. The van der Waals surface area contributed by atoms with Crippen molar-refractivity contribution in [1.82, 2.24) is 4.90 Å². The Morgan fingerprint density at radius 3 is 2.59 bits per heavy atom. The van der Waals surface area contributed by atoms with Crippen LogP contribution in [-0.2, 0) is 16.2 Å². The molecule has 0 atom stereocenters. The second kappa shape index (κ2) is 12.0. The Kier molecular flexibility index (Phi) is 8.72. The average Bonchev–Trinajstić information content (AvgIpc) is 3.12. The fourth-order valence-electron chi connectivity index (χ4n) is 3.38. The van der Waals surface area contributed by atoms with Gasteiger partial charge in [0, 0.05) is 14.8 Å². The van der Waals surface area contributed by atoms with Gasteiger partial charge in [-0.2, -0.15) is 0 Å². The summed E-state index contributed by atoms with van der Waals surface area (Å²) in [5, 5.41) is 2.36. The Labute approximate surface area is 235 Å². The standard InChI is InChI=1S/C26H19ClFIN2O5S/c1-35-21-10-5-15(11-22(21)36-14-18-19(27)3-2-4-20(18)28)12-23-25(33)31(26(34)37-23)13-24(32)30-17-8-6-16(29)7-9-17/h2-12H,13-14H2,1H3,(H,30,32)/b23-12-. The van der Waals surface area contributed by atoms with E-state index < -0.39 is 29.4 Å². The monoisotopic (exact) mass is 652 g/mol. The first-order valence-corrected chi connectivity index (χ1v) is 13.1. The highest BCUT2D eigenvalue weighted by Crippen LogP contribution is 2.35. The highest BCUT2D eigenvalue weighted by atomic mass is 127. The summed E-state index contributed by atoms with van der Waals surface area (Å²) in [5.41, 5.74) is 1.31. The lowest BCUT2D eigenvalue weighted by molar-refractivity contribution is -0.127. The molecule has 1 N–H and O–H groups in total. The molecule has 1 aliphatic heterocycles. The molecule has 1 fully saturated rings. The number of nitrogens with one attached hydrogen (secondary N) is 1. The average molecular weight is 653 g/mol. The van der Waals surface area contributed by atoms with E-state index in [4.69, 9.17) is 21.1 Å². The van der Waals surface area contributed by atoms with Gasteiger partial charge >= 0.3 is 0 Å². The van der Waals surface area contributed by atoms with Crippen LogP contribution in [0, 0.1) is 9.39 Å². The third kappa shape index (κ3) is 6.62. The summed E-state index contributed by atoms with van der Waals surface area (Å²) >= 11 is 8.96. The molecule has 0 bridgehead atoms. The van der Waals surface area contributed by atoms with Crippen LogP contribution >= 0.6 is 46.0 Å². The SMILES string of the molecule is COc1ccc(/C=C2\SC(=O)N(CC(=O)Nc3ccc(I)cc3)C2=O)cc1OCc1c(F)cccc1Cl. The number of carbonyl (C=O) groups is 3. The Morgan fingerprint density at radius 1 is 1.14 bits per heavy atom. The van der Waals surface area contributed by atoms with Gasteiger partial charge in [0.2, 0.25) is 5.91 Å². The highest BCUT2D eigenvalue weighted by Gasteiger charge is 2.36. The summed E-state index contributed by atoms with van der Waals surface area (Å²) in [5.74, 6) is -0.875. The molecule has 0 aromatic heterocycles. The number of ether oxygens (including phenoxy) is 2. The van der Waals surface area contributed by atoms with Gasteiger partial charge in [-0.15, -0.1) is 0 Å². The second-order valence-electron chi connectivity index (χ2n) is 7.72. The topological polar surface area (TPSA) is 84.9 Å². The molecule has 0 radical (unpaired) electrons. The number of rotatable bonds is 8. The quantitative estimate of drug-likeness (QED) is 0.226. The van der Waals surface area contributed by atoms with E-state index in [0.717, 1.165) is 20.2 Å². The van der Waals surface area contributed by atoms with Gasteiger partial charge in [0.15, 0.2) is 11.5 Å². The largest absolute Gasteiger partial charge is 0.493 e. The normalized spacial score (nSPS) is 14.3. The fraction of sp³-hybridized carbons (Fsp3) is 0.115. The lowest BCUT2D eigenvalue weighted by atomic mass is 10.1. The van der Waals surface area contributed by atoms with E-state index in [-0.39, 0.29) is 22.1 Å². The fourth-order valence-corrected chi connectivity index (χ4v) is 4.80. The Hall–Kier alpha value is -3.09. The minimum atomic E-state index is -0.579. The molecular weight excluding hydrogens is 634 g/mol. The summed E-state index contributed by atoms with van der Waals surface area (Å²) in [4.78, 5) is 38.8. The molecule has 3 amide bonds. The summed E-state index contributed by atoms with van der Waals surface area (Å²) < 4.78 is 26.2. The van der Waals surface area contributed by atoms with Gasteiger partial charge in [0.05, 0.1) is 17.0 Å². The van der Waals surface area contributed by atoms with Crippen LogP contribution in [0.1, 0.15) is 11.1 Å². The number of thioether (sulfide) groups is 1. The van der Waals surface area contributed by atoms with Crippen LogP contribution in [0.4, 0.5) is 14.9 Å². The smallest absolute Gasteiger partial charge is 0.294 e. The van der Waals surface area contributed by atoms with Gasteiger partial charge in [-0.25, -0.2) is 4.39 Å². The molecule has 1 heterocycles. The van der Waals surface area contributed by atoms with Gasteiger partial charge < -0.3 is 14.8 Å². The lowest BCUT2D eigenvalue weighted by Crippen LogP contribution is -2.36. The highest BCUT2D eigenvalue weighted by molar-refractivity contribution is 14.1. The molecule has 3 aromatic carbocycles. The Morgan fingerprint density at radius 2 is 1.89 bits per heavy atom. The molecule has 190 valence electrons. The predicted molar refractivity (Wildman–Crippen MR) is 149 cm³/mol. The molecule has 37 heavy (non-hydrogen) atoms. The summed E-state index contributed by atoms with van der Waals surface area (Å²) in [6.45, 7) is -0.550. The van der Waals surface area contributed by atoms with Gasteiger partial charge in [0.1, 0.15) is 19.0 Å². The van der Waals surface area contributed by atoms with Gasteiger partial charge in [-0.1, -0.05) is 23.7 Å². The molecule has 1 saturated heterocycles. The van der Waals surface area contributed by atoms with Crippen LogP contribution in [0.3, 0.4) is 0 Å². The van der Waals surface area contributed by atoms with E-state index >= 15 is 0 Å². The van der Waals surface area contributed by atoms with Crippen molar-refractivity contribution in [2.75, 3.05) is 19.0 Å². The van der Waals surface area contributed by atoms with Crippen molar-refractivity contribution in [3.63, 3.8) is 0 Å². The number of hydrogen-bond donors (Lipinski definition) is 1. The van der Waals surface area contributed by atoms with Crippen molar-refractivity contribution < 1.29 is 28.2 Å². The number of halogens is 3. The number of anilines is 1. The number of hydrogen-bond acceptors (Lipinski definition) is 6. The minimum absolute atomic E-state index is 0.141. The maximum Gasteiger partial charge on any atom is 0.294 e. The zero-order valence-corrected chi connectivity index (χ0v) is 23.0. The molecule has 7 nitrogen and oxygen atoms in total. The molecular formula is C26H19ClFIN2O5S. The van der Waals surface area contributed by atoms with Crippen LogP contribution in [0.15, 0.2) is 65.6 Å². The number of methoxy groups -OCH3 is 1. The summed E-state index contributed by atoms with van der Waals surface area (Å²) in [6, 6.07) is 16.4. The Balaban J connectivity index is 1.47. The van der Waals surface area contributed by atoms with Gasteiger partial charge in [-0.05, 0) is 94.5 Å². The van der Waals surface area contributed by atoms with E-state index in [1.165, 1.54) is 25.3 Å². The third-order valence-corrected chi connectivity index (χ3v) is 7.20. The van der Waals surface area contributed by atoms with E-state index in [1.54, 1.807) is 36.4 Å². The molecule has 0 spiro atoms. The summed E-state index contributed by atoms with van der Waals surface area (Å²) in [6.07, 6.45) is 1.52. The number of amides is 3. The second-order valence-corrected chi connectivity index (χ2v) is 10.4. The van der Waals surface area contributed by atoms with Crippen molar-refractivity contribution in [2.45, 2.75) is 6.61 Å². The Bertz CT molecular complexity index is 1380. The number of imide groups is 1. The van der Waals surface area contributed by atoms with Crippen LogP contribution in [0.2, 0.25) is 5.02 Å². The van der Waals surface area contributed by atoms with Gasteiger partial charge in [-0.3, -0.25) is 19.3 Å². The lowest BCUT2D eigenvalue weighted by Gasteiger charge is -2.13. The zero-order valence-electron chi connectivity index (χ0n) is 19.3. The van der Waals surface area contributed by atoms with Crippen LogP contribution in [0.5, 0.6) is 11.5 Å². The van der Waals surface area contributed by atoms with Crippen molar-refractivity contribution in [3.05, 3.63) is 91.1 Å². The number of carbonyl (C=O) groups excluding carboxylic acids is 3. The molecule has 4 rings (SSSR count). The van der Waals surface area contributed by atoms with E-state index in [0.29, 0.717) is 22.7 Å². The number of nitrogens with zero attached hydrogens (tertiary/aromatic N) is 1. The van der Waals surface area contributed by atoms with Crippen molar-refractivity contribution >= 4 is 74.8 Å².